The number of hydrogen-bond donors (Lipinski definition) is 1. The van der Waals surface area contributed by atoms with E-state index in [1.807, 2.05) is 19.9 Å². The average Bonchev–Trinajstić information content (AvgIpc) is 2.83. The van der Waals surface area contributed by atoms with E-state index in [4.69, 9.17) is 0 Å². The van der Waals surface area contributed by atoms with Gasteiger partial charge in [-0.25, -0.2) is 8.70 Å². The van der Waals surface area contributed by atoms with Crippen molar-refractivity contribution < 1.29 is 22.4 Å². The maximum atomic E-state index is 14.5. The van der Waals surface area contributed by atoms with E-state index in [1.54, 1.807) is 32.0 Å². The Morgan fingerprint density at radius 1 is 1.08 bits per heavy atom. The number of unbranched alkanes of at least 4 members (excludes halogenated alkanes) is 1. The molecule has 0 aliphatic rings. The highest BCUT2D eigenvalue weighted by atomic mass is 32.2. The van der Waals surface area contributed by atoms with Crippen molar-refractivity contribution in [3.8, 4) is 0 Å². The molecule has 2 amide bonds. The zero-order chi connectivity index (χ0) is 27.0. The first-order valence-electron chi connectivity index (χ1n) is 12.0. The van der Waals surface area contributed by atoms with E-state index < -0.39 is 34.5 Å². The third kappa shape index (κ3) is 7.27. The van der Waals surface area contributed by atoms with Gasteiger partial charge in [-0.15, -0.1) is 0 Å². The summed E-state index contributed by atoms with van der Waals surface area (Å²) >= 11 is 0. The molecule has 0 saturated heterocycles. The first-order valence-corrected chi connectivity index (χ1v) is 13.4. The summed E-state index contributed by atoms with van der Waals surface area (Å²) in [5.74, 6) is -1.52. The molecule has 198 valence electrons. The second-order valence-corrected chi connectivity index (χ2v) is 11.1. The summed E-state index contributed by atoms with van der Waals surface area (Å²) in [7, 11) is -1.28. The molecule has 2 aromatic rings. The lowest BCUT2D eigenvalue weighted by Gasteiger charge is -2.33. The lowest BCUT2D eigenvalue weighted by Crippen LogP contribution is -2.52. The monoisotopic (exact) mass is 520 g/mol. The van der Waals surface area contributed by atoms with Crippen LogP contribution in [0.25, 0.3) is 0 Å². The fourth-order valence-corrected chi connectivity index (χ4v) is 4.73. The molecule has 1 N–H and O–H groups in total. The Hall–Kier alpha value is -2.98. The highest BCUT2D eigenvalue weighted by Crippen LogP contribution is 2.26. The summed E-state index contributed by atoms with van der Waals surface area (Å²) in [5.41, 5.74) is 2.09. The minimum atomic E-state index is -4.06. The standard InChI is InChI=1S/C26H37FN4O4S/c1-7-8-15-28-26(33)21(4)30(17-22-11-9-10-12-23(22)27)25(32)18-31(36(34,35)29(5)6)24-16-19(2)13-14-20(24)3/h9-14,16,21H,7-8,15,17-18H2,1-6H3,(H,28,33). The Morgan fingerprint density at radius 3 is 2.36 bits per heavy atom. The third-order valence-corrected chi connectivity index (χ3v) is 7.75. The van der Waals surface area contributed by atoms with Crippen molar-refractivity contribution in [3.63, 3.8) is 0 Å². The molecule has 0 heterocycles. The second-order valence-electron chi connectivity index (χ2n) is 9.02. The summed E-state index contributed by atoms with van der Waals surface area (Å²) in [6, 6.07) is 10.4. The smallest absolute Gasteiger partial charge is 0.304 e. The van der Waals surface area contributed by atoms with Gasteiger partial charge < -0.3 is 10.2 Å². The Balaban J connectivity index is 2.48. The molecule has 0 spiro atoms. The van der Waals surface area contributed by atoms with Crippen LogP contribution in [-0.2, 0) is 26.3 Å². The molecular formula is C26H37FN4O4S. The van der Waals surface area contributed by atoms with Crippen LogP contribution in [0.2, 0.25) is 0 Å². The summed E-state index contributed by atoms with van der Waals surface area (Å²) < 4.78 is 43.1. The number of carbonyl (C=O) groups excluding carboxylic acids is 2. The van der Waals surface area contributed by atoms with E-state index in [1.165, 1.54) is 37.2 Å². The minimum Gasteiger partial charge on any atom is -0.354 e. The maximum Gasteiger partial charge on any atom is 0.304 e. The van der Waals surface area contributed by atoms with Crippen LogP contribution in [0, 0.1) is 19.7 Å². The van der Waals surface area contributed by atoms with Gasteiger partial charge in [-0.3, -0.25) is 9.59 Å². The number of rotatable bonds is 12. The number of amides is 2. The van der Waals surface area contributed by atoms with E-state index in [-0.39, 0.29) is 18.0 Å². The van der Waals surface area contributed by atoms with Crippen molar-refractivity contribution in [1.82, 2.24) is 14.5 Å². The quantitative estimate of drug-likeness (QED) is 0.435. The summed E-state index contributed by atoms with van der Waals surface area (Å²) in [5, 5.41) is 2.80. The SMILES string of the molecule is CCCCNC(=O)C(C)N(Cc1ccccc1F)C(=O)CN(c1cc(C)ccc1C)S(=O)(=O)N(C)C. The van der Waals surface area contributed by atoms with Gasteiger partial charge in [0.15, 0.2) is 0 Å². The van der Waals surface area contributed by atoms with Crippen LogP contribution in [0.1, 0.15) is 43.4 Å². The maximum absolute atomic E-state index is 14.5. The van der Waals surface area contributed by atoms with Crippen molar-refractivity contribution >= 4 is 27.7 Å². The van der Waals surface area contributed by atoms with Crippen LogP contribution in [-0.4, -0.2) is 62.7 Å². The highest BCUT2D eigenvalue weighted by molar-refractivity contribution is 7.90. The fourth-order valence-electron chi connectivity index (χ4n) is 3.62. The molecule has 0 aliphatic heterocycles. The van der Waals surface area contributed by atoms with Crippen molar-refractivity contribution in [2.75, 3.05) is 31.5 Å². The number of nitrogens with one attached hydrogen (secondary N) is 1. The molecule has 8 nitrogen and oxygen atoms in total. The first-order chi connectivity index (χ1) is 16.9. The normalized spacial score (nSPS) is 12.3. The van der Waals surface area contributed by atoms with Gasteiger partial charge in [0.25, 0.3) is 0 Å². The molecule has 10 heteroatoms. The number of nitrogens with zero attached hydrogens (tertiary/aromatic N) is 3. The zero-order valence-electron chi connectivity index (χ0n) is 21.9. The predicted molar refractivity (Wildman–Crippen MR) is 140 cm³/mol. The first kappa shape index (κ1) is 29.3. The van der Waals surface area contributed by atoms with Crippen molar-refractivity contribution in [1.29, 1.82) is 0 Å². The van der Waals surface area contributed by atoms with E-state index in [0.29, 0.717) is 17.8 Å². The van der Waals surface area contributed by atoms with Gasteiger partial charge in [-0.05, 0) is 50.5 Å². The fraction of sp³-hybridized carbons (Fsp3) is 0.462. The van der Waals surface area contributed by atoms with Crippen LogP contribution in [0.4, 0.5) is 10.1 Å². The molecule has 1 unspecified atom stereocenters. The topological polar surface area (TPSA) is 90.0 Å². The van der Waals surface area contributed by atoms with Crippen LogP contribution in [0.3, 0.4) is 0 Å². The van der Waals surface area contributed by atoms with Crippen LogP contribution < -0.4 is 9.62 Å². The molecule has 0 radical (unpaired) electrons. The third-order valence-electron chi connectivity index (χ3n) is 5.95. The Bertz CT molecular complexity index is 1170. The largest absolute Gasteiger partial charge is 0.354 e. The number of hydrogen-bond acceptors (Lipinski definition) is 4. The summed E-state index contributed by atoms with van der Waals surface area (Å²) in [4.78, 5) is 27.8. The Morgan fingerprint density at radius 2 is 1.75 bits per heavy atom. The number of aryl methyl sites for hydroxylation is 2. The van der Waals surface area contributed by atoms with Gasteiger partial charge in [0.1, 0.15) is 18.4 Å². The summed E-state index contributed by atoms with van der Waals surface area (Å²) in [6.45, 7) is 6.86. The lowest BCUT2D eigenvalue weighted by molar-refractivity contribution is -0.139. The molecule has 0 aliphatic carbocycles. The number of anilines is 1. The van der Waals surface area contributed by atoms with Crippen LogP contribution in [0.5, 0.6) is 0 Å². The molecule has 2 rings (SSSR count). The van der Waals surface area contributed by atoms with Gasteiger partial charge in [0.2, 0.25) is 11.8 Å². The van der Waals surface area contributed by atoms with E-state index in [0.717, 1.165) is 27.0 Å². The number of halogens is 1. The molecular weight excluding hydrogens is 483 g/mol. The van der Waals surface area contributed by atoms with E-state index >= 15 is 0 Å². The molecule has 0 saturated carbocycles. The Labute approximate surface area is 214 Å². The molecule has 1 atom stereocenters. The van der Waals surface area contributed by atoms with Crippen molar-refractivity contribution in [2.24, 2.45) is 0 Å². The van der Waals surface area contributed by atoms with Gasteiger partial charge >= 0.3 is 10.2 Å². The number of benzene rings is 2. The molecule has 0 aromatic heterocycles. The van der Waals surface area contributed by atoms with E-state index in [2.05, 4.69) is 5.32 Å². The molecule has 0 bridgehead atoms. The second kappa shape index (κ2) is 12.8. The van der Waals surface area contributed by atoms with Crippen LogP contribution in [0.15, 0.2) is 42.5 Å². The van der Waals surface area contributed by atoms with Crippen molar-refractivity contribution in [2.45, 2.75) is 53.1 Å². The van der Waals surface area contributed by atoms with Gasteiger partial charge in [-0.1, -0.05) is 43.7 Å². The molecule has 36 heavy (non-hydrogen) atoms. The summed E-state index contributed by atoms with van der Waals surface area (Å²) in [6.07, 6.45) is 1.67. The van der Waals surface area contributed by atoms with Gasteiger partial charge in [-0.2, -0.15) is 12.7 Å². The average molecular weight is 521 g/mol. The van der Waals surface area contributed by atoms with Crippen molar-refractivity contribution in [3.05, 3.63) is 65.0 Å². The zero-order valence-corrected chi connectivity index (χ0v) is 22.7. The highest BCUT2D eigenvalue weighted by Gasteiger charge is 2.33. The molecule has 2 aromatic carbocycles. The number of carbonyl (C=O) groups is 2. The lowest BCUT2D eigenvalue weighted by atomic mass is 10.1. The Kier molecular flexibility index (Phi) is 10.4. The van der Waals surface area contributed by atoms with E-state index in [9.17, 15) is 22.4 Å². The molecule has 0 fully saturated rings. The van der Waals surface area contributed by atoms with Gasteiger partial charge in [0.05, 0.1) is 5.69 Å². The van der Waals surface area contributed by atoms with Gasteiger partial charge in [0, 0.05) is 32.7 Å². The predicted octanol–water partition coefficient (Wildman–Crippen LogP) is 3.39. The van der Waals surface area contributed by atoms with Crippen LogP contribution >= 0.6 is 0 Å². The minimum absolute atomic E-state index is 0.184.